The van der Waals surface area contributed by atoms with Gasteiger partial charge < -0.3 is 5.73 Å². The first kappa shape index (κ1) is 14.7. The Morgan fingerprint density at radius 1 is 0.652 bits per heavy atom. The first-order valence-corrected chi connectivity index (χ1v) is 8.90. The van der Waals surface area contributed by atoms with Gasteiger partial charge in [-0.15, -0.1) is 0 Å². The van der Waals surface area contributed by atoms with Gasteiger partial charge in [-0.25, -0.2) is 0 Å². The second-order valence-corrected chi connectivity index (χ2v) is 7.17. The fourth-order valence-electron chi connectivity index (χ4n) is 3.10. The summed E-state index contributed by atoms with van der Waals surface area (Å²) in [4.78, 5) is 0. The van der Waals surface area contributed by atoms with Crippen LogP contribution in [0.4, 0.5) is 5.69 Å². The summed E-state index contributed by atoms with van der Waals surface area (Å²) in [5.41, 5.74) is 9.38. The Morgan fingerprint density at radius 3 is 2.00 bits per heavy atom. The van der Waals surface area contributed by atoms with Gasteiger partial charge in [-0.1, -0.05) is 54.6 Å². The third-order valence-corrected chi connectivity index (χ3v) is 6.13. The SMILES string of the molecule is Nc1ccc2ccccc2c1-c1c(Br)c(Br)cc2ccccc12. The van der Waals surface area contributed by atoms with Crippen molar-refractivity contribution < 1.29 is 0 Å². The van der Waals surface area contributed by atoms with Crippen LogP contribution in [0.5, 0.6) is 0 Å². The zero-order chi connectivity index (χ0) is 16.0. The van der Waals surface area contributed by atoms with Gasteiger partial charge in [0.25, 0.3) is 0 Å². The van der Waals surface area contributed by atoms with Gasteiger partial charge >= 0.3 is 0 Å². The van der Waals surface area contributed by atoms with E-state index in [1.807, 2.05) is 6.07 Å². The number of rotatable bonds is 1. The van der Waals surface area contributed by atoms with Crippen LogP contribution in [0.3, 0.4) is 0 Å². The van der Waals surface area contributed by atoms with Crippen LogP contribution in [0.2, 0.25) is 0 Å². The minimum absolute atomic E-state index is 0.785. The predicted octanol–water partition coefficient (Wildman–Crippen LogP) is 6.77. The van der Waals surface area contributed by atoms with Crippen LogP contribution in [-0.2, 0) is 0 Å². The highest BCUT2D eigenvalue weighted by molar-refractivity contribution is 9.13. The Bertz CT molecular complexity index is 1050. The van der Waals surface area contributed by atoms with Crippen molar-refractivity contribution >= 4 is 59.1 Å². The van der Waals surface area contributed by atoms with Gasteiger partial charge in [-0.05, 0) is 65.5 Å². The molecule has 2 N–H and O–H groups in total. The second kappa shape index (κ2) is 5.66. The lowest BCUT2D eigenvalue weighted by Gasteiger charge is -2.16. The fraction of sp³-hybridized carbons (Fsp3) is 0. The average Bonchev–Trinajstić information content (AvgIpc) is 2.57. The van der Waals surface area contributed by atoms with Crippen molar-refractivity contribution in [3.8, 4) is 11.1 Å². The molecule has 0 amide bonds. The summed E-state index contributed by atoms with van der Waals surface area (Å²) in [5.74, 6) is 0. The van der Waals surface area contributed by atoms with E-state index in [0.717, 1.165) is 31.1 Å². The molecule has 112 valence electrons. The molecule has 0 aliphatic heterocycles. The number of hydrogen-bond donors (Lipinski definition) is 1. The highest BCUT2D eigenvalue weighted by atomic mass is 79.9. The lowest BCUT2D eigenvalue weighted by molar-refractivity contribution is 1.61. The molecule has 0 unspecified atom stereocenters. The van der Waals surface area contributed by atoms with Crippen molar-refractivity contribution in [2.75, 3.05) is 5.73 Å². The maximum Gasteiger partial charge on any atom is 0.0403 e. The highest BCUT2D eigenvalue weighted by Crippen LogP contribution is 2.45. The number of benzene rings is 4. The molecule has 0 aliphatic carbocycles. The van der Waals surface area contributed by atoms with Gasteiger partial charge in [0, 0.05) is 25.8 Å². The van der Waals surface area contributed by atoms with Crippen molar-refractivity contribution in [1.29, 1.82) is 0 Å². The lowest BCUT2D eigenvalue weighted by atomic mass is 9.92. The third-order valence-electron chi connectivity index (χ3n) is 4.15. The van der Waals surface area contributed by atoms with E-state index in [4.69, 9.17) is 5.73 Å². The zero-order valence-electron chi connectivity index (χ0n) is 12.2. The molecule has 0 aliphatic rings. The van der Waals surface area contributed by atoms with E-state index in [1.54, 1.807) is 0 Å². The molecular weight excluding hydrogens is 414 g/mol. The summed E-state index contributed by atoms with van der Waals surface area (Å²) >= 11 is 7.42. The smallest absolute Gasteiger partial charge is 0.0403 e. The molecule has 4 aromatic rings. The predicted molar refractivity (Wildman–Crippen MR) is 107 cm³/mol. The molecule has 3 heteroatoms. The Morgan fingerprint density at radius 2 is 1.26 bits per heavy atom. The van der Waals surface area contributed by atoms with Crippen molar-refractivity contribution in [1.82, 2.24) is 0 Å². The first-order chi connectivity index (χ1) is 11.2. The van der Waals surface area contributed by atoms with E-state index >= 15 is 0 Å². The molecule has 0 fully saturated rings. The van der Waals surface area contributed by atoms with Crippen LogP contribution >= 0.6 is 31.9 Å². The number of hydrogen-bond acceptors (Lipinski definition) is 1. The molecule has 0 atom stereocenters. The molecule has 0 heterocycles. The summed E-state index contributed by atoms with van der Waals surface area (Å²) in [6.45, 7) is 0. The molecule has 0 aromatic heterocycles. The number of nitrogen functional groups attached to an aromatic ring is 1. The summed E-state index contributed by atoms with van der Waals surface area (Å²) in [6.07, 6.45) is 0. The Balaban J connectivity index is 2.24. The van der Waals surface area contributed by atoms with E-state index in [0.29, 0.717) is 0 Å². The van der Waals surface area contributed by atoms with Gasteiger partial charge in [0.1, 0.15) is 0 Å². The van der Waals surface area contributed by atoms with E-state index in [2.05, 4.69) is 92.5 Å². The van der Waals surface area contributed by atoms with Gasteiger partial charge in [0.2, 0.25) is 0 Å². The van der Waals surface area contributed by atoms with Gasteiger partial charge in [-0.3, -0.25) is 0 Å². The monoisotopic (exact) mass is 425 g/mol. The summed E-state index contributed by atoms with van der Waals surface area (Å²) in [7, 11) is 0. The number of fused-ring (bicyclic) bond motifs is 2. The Labute approximate surface area is 151 Å². The van der Waals surface area contributed by atoms with Gasteiger partial charge in [-0.2, -0.15) is 0 Å². The molecule has 4 rings (SSSR count). The number of anilines is 1. The fourth-order valence-corrected chi connectivity index (χ4v) is 4.07. The molecule has 0 bridgehead atoms. The Kier molecular flexibility index (Phi) is 3.63. The third kappa shape index (κ3) is 2.35. The minimum Gasteiger partial charge on any atom is -0.398 e. The van der Waals surface area contributed by atoms with E-state index in [-0.39, 0.29) is 0 Å². The standard InChI is InChI=1S/C20H13Br2N/c21-16-11-13-6-2-4-8-15(13)19(20(16)22)18-14-7-3-1-5-12(14)9-10-17(18)23/h1-11H,23H2. The van der Waals surface area contributed by atoms with Crippen LogP contribution in [0.25, 0.3) is 32.7 Å². The summed E-state index contributed by atoms with van der Waals surface area (Å²) in [6, 6.07) is 22.9. The first-order valence-electron chi connectivity index (χ1n) is 7.31. The second-order valence-electron chi connectivity index (χ2n) is 5.52. The maximum absolute atomic E-state index is 6.39. The average molecular weight is 427 g/mol. The number of nitrogens with two attached hydrogens (primary N) is 1. The van der Waals surface area contributed by atoms with Crippen LogP contribution in [0.1, 0.15) is 0 Å². The molecule has 1 nitrogen and oxygen atoms in total. The quantitative estimate of drug-likeness (QED) is 0.334. The topological polar surface area (TPSA) is 26.0 Å². The molecule has 23 heavy (non-hydrogen) atoms. The van der Waals surface area contributed by atoms with Crippen molar-refractivity contribution in [3.63, 3.8) is 0 Å². The molecule has 0 spiro atoms. The van der Waals surface area contributed by atoms with Crippen molar-refractivity contribution in [2.45, 2.75) is 0 Å². The number of halogens is 2. The largest absolute Gasteiger partial charge is 0.398 e. The molecule has 0 radical (unpaired) electrons. The van der Waals surface area contributed by atoms with Crippen LogP contribution in [0, 0.1) is 0 Å². The van der Waals surface area contributed by atoms with Crippen LogP contribution < -0.4 is 5.73 Å². The van der Waals surface area contributed by atoms with Crippen molar-refractivity contribution in [3.05, 3.63) is 75.7 Å². The van der Waals surface area contributed by atoms with E-state index < -0.39 is 0 Å². The van der Waals surface area contributed by atoms with Crippen molar-refractivity contribution in [2.24, 2.45) is 0 Å². The summed E-state index contributed by atoms with van der Waals surface area (Å²) in [5, 5.41) is 4.72. The molecule has 0 saturated carbocycles. The lowest BCUT2D eigenvalue weighted by Crippen LogP contribution is -1.94. The maximum atomic E-state index is 6.39. The van der Waals surface area contributed by atoms with E-state index in [1.165, 1.54) is 16.2 Å². The molecule has 0 saturated heterocycles. The Hall–Kier alpha value is -1.84. The minimum atomic E-state index is 0.785. The van der Waals surface area contributed by atoms with E-state index in [9.17, 15) is 0 Å². The highest BCUT2D eigenvalue weighted by Gasteiger charge is 2.16. The van der Waals surface area contributed by atoms with Gasteiger partial charge in [0.15, 0.2) is 0 Å². The molecule has 4 aromatic carbocycles. The van der Waals surface area contributed by atoms with Gasteiger partial charge in [0.05, 0.1) is 0 Å². The normalized spacial score (nSPS) is 11.2. The zero-order valence-corrected chi connectivity index (χ0v) is 15.4. The van der Waals surface area contributed by atoms with Crippen LogP contribution in [0.15, 0.2) is 75.7 Å². The molecular formula is C20H13Br2N. The summed E-state index contributed by atoms with van der Waals surface area (Å²) < 4.78 is 2.05. The van der Waals surface area contributed by atoms with Crippen LogP contribution in [-0.4, -0.2) is 0 Å².